The van der Waals surface area contributed by atoms with Crippen LogP contribution in [0, 0.1) is 12.8 Å². The number of quaternary nitrogens is 1. The number of pyridine rings is 1. The van der Waals surface area contributed by atoms with Gasteiger partial charge in [-0.25, -0.2) is 4.52 Å². The maximum atomic E-state index is 6.72. The van der Waals surface area contributed by atoms with Crippen molar-refractivity contribution in [1.82, 2.24) is 14.1 Å². The number of aromatic nitrogens is 2. The molecule has 2 unspecified atom stereocenters. The minimum Gasteiger partial charge on any atom is -0.496 e. The Morgan fingerprint density at radius 1 is 1.19 bits per heavy atom. The number of fused-ring (bicyclic) bond motifs is 1. The van der Waals surface area contributed by atoms with E-state index in [1.54, 1.807) is 14.2 Å². The summed E-state index contributed by atoms with van der Waals surface area (Å²) in [6.07, 6.45) is 4.80. The molecule has 1 aliphatic heterocycles. The second-order valence-electron chi connectivity index (χ2n) is 9.25. The van der Waals surface area contributed by atoms with Crippen LogP contribution in [0.3, 0.4) is 0 Å². The summed E-state index contributed by atoms with van der Waals surface area (Å²) in [5, 5.41) is 5.56. The highest BCUT2D eigenvalue weighted by Gasteiger charge is 2.46. The lowest BCUT2D eigenvalue weighted by atomic mass is 10.1. The van der Waals surface area contributed by atoms with Gasteiger partial charge >= 0.3 is 0 Å². The molecule has 0 spiro atoms. The summed E-state index contributed by atoms with van der Waals surface area (Å²) >= 11 is 6.72. The average Bonchev–Trinajstić information content (AvgIpc) is 3.27. The van der Waals surface area contributed by atoms with Crippen LogP contribution in [0.1, 0.15) is 31.2 Å². The van der Waals surface area contributed by atoms with Crippen LogP contribution in [0.15, 0.2) is 30.3 Å². The number of hydrogen-bond donors (Lipinski definition) is 0. The predicted octanol–water partition coefficient (Wildman–Crippen LogP) is 5.46. The van der Waals surface area contributed by atoms with E-state index in [-0.39, 0.29) is 6.23 Å². The number of benzene rings is 1. The van der Waals surface area contributed by atoms with Gasteiger partial charge in [0.1, 0.15) is 11.3 Å². The fourth-order valence-corrected chi connectivity index (χ4v) is 5.52. The highest BCUT2D eigenvalue weighted by atomic mass is 35.5. The first-order valence-corrected chi connectivity index (χ1v) is 11.7. The smallest absolute Gasteiger partial charge is 0.296 e. The fourth-order valence-electron chi connectivity index (χ4n) is 5.16. The molecule has 1 aromatic carbocycles. The molecule has 170 valence electrons. The number of rotatable bonds is 7. The van der Waals surface area contributed by atoms with Crippen LogP contribution >= 0.6 is 11.6 Å². The number of hydrogen-bond acceptors (Lipinski definition) is 4. The Balaban J connectivity index is 1.74. The van der Waals surface area contributed by atoms with Crippen LogP contribution in [-0.4, -0.2) is 50.3 Å². The average molecular weight is 457 g/mol. The standard InChI is InChI=1S/C25H31ClN3O3/c1-16-13-18(26)23(21(14-16)30-3)19-7-5-8-20-24(25(31-4)27-28(19)20)29(2,15-17-10-11-17)22-9-6-12-32-22/h5,7-8,13-14,17,22H,6,9-12,15H2,1-4H3/q+1. The van der Waals surface area contributed by atoms with Crippen molar-refractivity contribution in [3.05, 3.63) is 40.9 Å². The van der Waals surface area contributed by atoms with Gasteiger partial charge in [0.2, 0.25) is 5.69 Å². The number of methoxy groups -OCH3 is 2. The molecule has 1 saturated heterocycles. The van der Waals surface area contributed by atoms with E-state index < -0.39 is 0 Å². The van der Waals surface area contributed by atoms with Crippen LogP contribution in [0.2, 0.25) is 5.02 Å². The number of halogens is 1. The predicted molar refractivity (Wildman–Crippen MR) is 128 cm³/mol. The summed E-state index contributed by atoms with van der Waals surface area (Å²) in [5.74, 6) is 2.09. The molecule has 2 atom stereocenters. The van der Waals surface area contributed by atoms with Crippen molar-refractivity contribution in [2.45, 2.75) is 38.8 Å². The maximum Gasteiger partial charge on any atom is 0.296 e. The first-order chi connectivity index (χ1) is 15.5. The molecule has 6 nitrogen and oxygen atoms in total. The lowest BCUT2D eigenvalue weighted by Gasteiger charge is -2.38. The van der Waals surface area contributed by atoms with E-state index in [4.69, 9.17) is 30.9 Å². The third kappa shape index (κ3) is 3.54. The van der Waals surface area contributed by atoms with Gasteiger partial charge in [0, 0.05) is 12.3 Å². The van der Waals surface area contributed by atoms with Crippen molar-refractivity contribution in [2.24, 2.45) is 5.92 Å². The Hall–Kier alpha value is -2.28. The first-order valence-electron chi connectivity index (χ1n) is 11.3. The molecule has 5 rings (SSSR count). The van der Waals surface area contributed by atoms with E-state index in [0.717, 1.165) is 65.7 Å². The van der Waals surface area contributed by atoms with Crippen LogP contribution in [0.5, 0.6) is 11.6 Å². The fraction of sp³-hybridized carbons (Fsp3) is 0.480. The van der Waals surface area contributed by atoms with Gasteiger partial charge in [-0.05, 0) is 56.0 Å². The van der Waals surface area contributed by atoms with Crippen LogP contribution < -0.4 is 14.0 Å². The van der Waals surface area contributed by atoms with Crippen molar-refractivity contribution in [2.75, 3.05) is 34.4 Å². The lowest BCUT2D eigenvalue weighted by molar-refractivity contribution is -0.00311. The van der Waals surface area contributed by atoms with Gasteiger partial charge in [-0.1, -0.05) is 17.7 Å². The van der Waals surface area contributed by atoms with E-state index in [9.17, 15) is 0 Å². The van der Waals surface area contributed by atoms with E-state index in [2.05, 4.69) is 19.2 Å². The molecule has 2 aromatic heterocycles. The lowest BCUT2D eigenvalue weighted by Crippen LogP contribution is -2.54. The third-order valence-electron chi connectivity index (χ3n) is 6.85. The molecule has 0 radical (unpaired) electrons. The minimum absolute atomic E-state index is 0.110. The number of nitrogens with zero attached hydrogens (tertiary/aromatic N) is 3. The van der Waals surface area contributed by atoms with Gasteiger partial charge in [-0.15, -0.1) is 5.10 Å². The van der Waals surface area contributed by atoms with Crippen molar-refractivity contribution in [1.29, 1.82) is 0 Å². The highest BCUT2D eigenvalue weighted by Crippen LogP contribution is 2.46. The Morgan fingerprint density at radius 3 is 2.66 bits per heavy atom. The van der Waals surface area contributed by atoms with E-state index in [0.29, 0.717) is 15.4 Å². The van der Waals surface area contributed by atoms with Gasteiger partial charge in [0.05, 0.1) is 50.7 Å². The quantitative estimate of drug-likeness (QED) is 0.442. The van der Waals surface area contributed by atoms with E-state index >= 15 is 0 Å². The Morgan fingerprint density at radius 2 is 2.00 bits per heavy atom. The van der Waals surface area contributed by atoms with Gasteiger partial charge in [-0.3, -0.25) is 4.48 Å². The summed E-state index contributed by atoms with van der Waals surface area (Å²) in [4.78, 5) is 0. The van der Waals surface area contributed by atoms with Crippen LogP contribution in [0.4, 0.5) is 5.69 Å². The minimum atomic E-state index is 0.110. The van der Waals surface area contributed by atoms with Crippen molar-refractivity contribution in [3.63, 3.8) is 0 Å². The Kier molecular flexibility index (Phi) is 5.56. The van der Waals surface area contributed by atoms with Gasteiger partial charge in [0.25, 0.3) is 5.88 Å². The van der Waals surface area contributed by atoms with Crippen molar-refractivity contribution in [3.8, 4) is 22.9 Å². The summed E-state index contributed by atoms with van der Waals surface area (Å²) in [5.41, 5.74) is 4.84. The normalized spacial score (nSPS) is 20.5. The molecule has 3 aromatic rings. The van der Waals surface area contributed by atoms with Crippen LogP contribution in [0.25, 0.3) is 16.8 Å². The molecular weight excluding hydrogens is 426 g/mol. The highest BCUT2D eigenvalue weighted by molar-refractivity contribution is 6.33. The summed E-state index contributed by atoms with van der Waals surface area (Å²) in [6.45, 7) is 3.85. The van der Waals surface area contributed by atoms with Gasteiger partial charge in [-0.2, -0.15) is 0 Å². The molecule has 1 aliphatic carbocycles. The number of ether oxygens (including phenoxy) is 3. The second kappa shape index (κ2) is 8.25. The first kappa shape index (κ1) is 21.6. The Labute approximate surface area is 194 Å². The molecule has 0 N–H and O–H groups in total. The summed E-state index contributed by atoms with van der Waals surface area (Å²) in [7, 11) is 5.65. The summed E-state index contributed by atoms with van der Waals surface area (Å²) in [6, 6.07) is 10.2. The zero-order valence-corrected chi connectivity index (χ0v) is 20.0. The monoisotopic (exact) mass is 456 g/mol. The molecule has 32 heavy (non-hydrogen) atoms. The van der Waals surface area contributed by atoms with Crippen molar-refractivity contribution >= 4 is 22.8 Å². The topological polar surface area (TPSA) is 45.0 Å². The zero-order valence-electron chi connectivity index (χ0n) is 19.2. The second-order valence-corrected chi connectivity index (χ2v) is 9.66. The molecule has 1 saturated carbocycles. The third-order valence-corrected chi connectivity index (χ3v) is 7.15. The Bertz CT molecular complexity index is 1150. The molecule has 7 heteroatoms. The molecule has 0 amide bonds. The molecular formula is C25H31ClN3O3+. The largest absolute Gasteiger partial charge is 0.496 e. The maximum absolute atomic E-state index is 6.72. The molecule has 2 fully saturated rings. The number of aryl methyl sites for hydroxylation is 1. The van der Waals surface area contributed by atoms with Crippen LogP contribution in [-0.2, 0) is 4.74 Å². The van der Waals surface area contributed by atoms with E-state index in [1.807, 2.05) is 29.6 Å². The van der Waals surface area contributed by atoms with Gasteiger partial charge in [0.15, 0.2) is 6.23 Å². The zero-order chi connectivity index (χ0) is 22.5. The summed E-state index contributed by atoms with van der Waals surface area (Å²) < 4.78 is 20.4. The molecule has 0 bridgehead atoms. The molecule has 3 heterocycles. The molecule has 2 aliphatic rings. The SMILES string of the molecule is COc1cc(C)cc(Cl)c1-c1cccc2c([N+](C)(CC3CC3)C3CCCO3)c(OC)nn12. The van der Waals surface area contributed by atoms with Crippen molar-refractivity contribution < 1.29 is 14.2 Å². The van der Waals surface area contributed by atoms with E-state index in [1.165, 1.54) is 12.8 Å². The van der Waals surface area contributed by atoms with Gasteiger partial charge < -0.3 is 14.2 Å².